The number of halogens is 1. The Hall–Kier alpha value is -2.21. The summed E-state index contributed by atoms with van der Waals surface area (Å²) >= 11 is 0. The van der Waals surface area contributed by atoms with Gasteiger partial charge in [-0.3, -0.25) is 9.69 Å². The summed E-state index contributed by atoms with van der Waals surface area (Å²) in [4.78, 5) is 18.8. The van der Waals surface area contributed by atoms with Gasteiger partial charge in [-0.25, -0.2) is 9.37 Å². The Balaban J connectivity index is 1.58. The third-order valence-electron chi connectivity index (χ3n) is 4.55. The fraction of sp³-hybridized carbons (Fsp3) is 0.444. The number of benzene rings is 1. The van der Waals surface area contributed by atoms with Gasteiger partial charge in [-0.2, -0.15) is 0 Å². The van der Waals surface area contributed by atoms with Crippen LogP contribution in [0.3, 0.4) is 0 Å². The number of aromatic nitrogens is 2. The van der Waals surface area contributed by atoms with Gasteiger partial charge in [0.2, 0.25) is 5.91 Å². The van der Waals surface area contributed by atoms with Crippen LogP contribution in [0.15, 0.2) is 30.6 Å². The van der Waals surface area contributed by atoms with Crippen LogP contribution in [0.4, 0.5) is 10.1 Å². The molecule has 24 heavy (non-hydrogen) atoms. The molecule has 0 spiro atoms. The van der Waals surface area contributed by atoms with Crippen molar-refractivity contribution < 1.29 is 9.18 Å². The molecule has 1 saturated heterocycles. The van der Waals surface area contributed by atoms with Gasteiger partial charge in [-0.1, -0.05) is 6.07 Å². The predicted octanol–water partition coefficient (Wildman–Crippen LogP) is 2.69. The van der Waals surface area contributed by atoms with E-state index in [1.54, 1.807) is 19.1 Å². The summed E-state index contributed by atoms with van der Waals surface area (Å²) in [5.74, 6) is 1.00. The van der Waals surface area contributed by atoms with Crippen molar-refractivity contribution in [2.75, 3.05) is 25.0 Å². The molecule has 5 nitrogen and oxygen atoms in total. The fourth-order valence-corrected chi connectivity index (χ4v) is 3.25. The molecule has 2 heterocycles. The second-order valence-corrected chi connectivity index (χ2v) is 6.48. The third-order valence-corrected chi connectivity index (χ3v) is 4.55. The van der Waals surface area contributed by atoms with Crippen LogP contribution in [0, 0.1) is 12.7 Å². The van der Waals surface area contributed by atoms with Crippen molar-refractivity contribution in [2.45, 2.75) is 25.7 Å². The van der Waals surface area contributed by atoms with E-state index in [2.05, 4.69) is 15.2 Å². The van der Waals surface area contributed by atoms with E-state index in [0.29, 0.717) is 23.7 Å². The Labute approximate surface area is 141 Å². The molecule has 0 saturated carbocycles. The molecule has 1 aromatic carbocycles. The maximum Gasteiger partial charge on any atom is 0.238 e. The third kappa shape index (κ3) is 3.82. The van der Waals surface area contributed by atoms with Gasteiger partial charge >= 0.3 is 0 Å². The molecule has 1 aliphatic rings. The maximum absolute atomic E-state index is 13.6. The van der Waals surface area contributed by atoms with Crippen LogP contribution in [-0.2, 0) is 11.8 Å². The number of nitrogens with zero attached hydrogens (tertiary/aromatic N) is 3. The Kier molecular flexibility index (Phi) is 4.94. The molecule has 1 fully saturated rings. The molecule has 0 radical (unpaired) electrons. The minimum Gasteiger partial charge on any atom is -0.338 e. The zero-order valence-corrected chi connectivity index (χ0v) is 14.1. The van der Waals surface area contributed by atoms with E-state index < -0.39 is 0 Å². The first-order chi connectivity index (χ1) is 11.5. The van der Waals surface area contributed by atoms with Gasteiger partial charge in [-0.05, 0) is 44.0 Å². The zero-order valence-electron chi connectivity index (χ0n) is 14.1. The lowest BCUT2D eigenvalue weighted by molar-refractivity contribution is -0.117. The monoisotopic (exact) mass is 330 g/mol. The van der Waals surface area contributed by atoms with Crippen LogP contribution in [-0.4, -0.2) is 40.0 Å². The number of carbonyl (C=O) groups excluding carboxylic acids is 1. The van der Waals surface area contributed by atoms with Crippen LogP contribution in [0.5, 0.6) is 0 Å². The number of rotatable bonds is 4. The van der Waals surface area contributed by atoms with Crippen molar-refractivity contribution in [3.8, 4) is 0 Å². The highest BCUT2D eigenvalue weighted by atomic mass is 19.1. The summed E-state index contributed by atoms with van der Waals surface area (Å²) in [7, 11) is 2.00. The largest absolute Gasteiger partial charge is 0.338 e. The molecule has 2 aromatic rings. The van der Waals surface area contributed by atoms with Gasteiger partial charge < -0.3 is 9.88 Å². The number of amides is 1. The Morgan fingerprint density at radius 3 is 3.00 bits per heavy atom. The second-order valence-electron chi connectivity index (χ2n) is 6.48. The molecule has 1 N–H and O–H groups in total. The normalized spacial score (nSPS) is 18.5. The highest BCUT2D eigenvalue weighted by molar-refractivity contribution is 5.92. The molecule has 0 bridgehead atoms. The molecule has 6 heteroatoms. The van der Waals surface area contributed by atoms with E-state index in [1.807, 2.05) is 24.0 Å². The van der Waals surface area contributed by atoms with Crippen molar-refractivity contribution in [1.29, 1.82) is 0 Å². The number of aryl methyl sites for hydroxylation is 2. The summed E-state index contributed by atoms with van der Waals surface area (Å²) in [6.07, 6.45) is 5.90. The number of nitrogens with one attached hydrogen (secondary N) is 1. The van der Waals surface area contributed by atoms with Gasteiger partial charge in [0.15, 0.2) is 0 Å². The molecule has 1 unspecified atom stereocenters. The lowest BCUT2D eigenvalue weighted by atomic mass is 9.97. The molecule has 1 aliphatic heterocycles. The van der Waals surface area contributed by atoms with Gasteiger partial charge in [0.1, 0.15) is 11.6 Å². The number of carbonyl (C=O) groups is 1. The van der Waals surface area contributed by atoms with Crippen molar-refractivity contribution in [2.24, 2.45) is 7.05 Å². The average Bonchev–Trinajstić information content (AvgIpc) is 2.97. The average molecular weight is 330 g/mol. The minimum absolute atomic E-state index is 0.112. The summed E-state index contributed by atoms with van der Waals surface area (Å²) in [5, 5.41) is 2.78. The Bertz CT molecular complexity index is 728. The van der Waals surface area contributed by atoms with Crippen LogP contribution in [0.25, 0.3) is 0 Å². The van der Waals surface area contributed by atoms with Crippen LogP contribution < -0.4 is 5.32 Å². The SMILES string of the molecule is Cc1ccc(NC(=O)CN2CCCC(c3nccn3C)C2)cc1F. The smallest absolute Gasteiger partial charge is 0.238 e. The lowest BCUT2D eigenvalue weighted by Crippen LogP contribution is -2.40. The van der Waals surface area contributed by atoms with Gasteiger partial charge in [0, 0.05) is 37.6 Å². The molecular weight excluding hydrogens is 307 g/mol. The molecule has 3 rings (SSSR count). The molecule has 128 valence electrons. The van der Waals surface area contributed by atoms with Gasteiger partial charge in [-0.15, -0.1) is 0 Å². The summed E-state index contributed by atoms with van der Waals surface area (Å²) in [6.45, 7) is 3.74. The zero-order chi connectivity index (χ0) is 17.1. The Morgan fingerprint density at radius 1 is 1.46 bits per heavy atom. The Morgan fingerprint density at radius 2 is 2.29 bits per heavy atom. The first kappa shape index (κ1) is 16.6. The highest BCUT2D eigenvalue weighted by Gasteiger charge is 2.25. The summed E-state index contributed by atoms with van der Waals surface area (Å²) < 4.78 is 15.6. The first-order valence-electron chi connectivity index (χ1n) is 8.28. The number of hydrogen-bond acceptors (Lipinski definition) is 3. The molecule has 1 atom stereocenters. The molecule has 0 aliphatic carbocycles. The molecular formula is C18H23FN4O. The molecule has 1 aromatic heterocycles. The van der Waals surface area contributed by atoms with Crippen molar-refractivity contribution in [3.63, 3.8) is 0 Å². The number of hydrogen-bond donors (Lipinski definition) is 1. The van der Waals surface area contributed by atoms with E-state index in [0.717, 1.165) is 31.8 Å². The lowest BCUT2D eigenvalue weighted by Gasteiger charge is -2.31. The summed E-state index contributed by atoms with van der Waals surface area (Å²) in [5.41, 5.74) is 1.07. The van der Waals surface area contributed by atoms with Crippen LogP contribution in [0.2, 0.25) is 0 Å². The fourth-order valence-electron chi connectivity index (χ4n) is 3.25. The number of anilines is 1. The van der Waals surface area contributed by atoms with E-state index >= 15 is 0 Å². The van der Waals surface area contributed by atoms with Crippen LogP contribution in [0.1, 0.15) is 30.1 Å². The van der Waals surface area contributed by atoms with E-state index in [-0.39, 0.29) is 11.7 Å². The van der Waals surface area contributed by atoms with Gasteiger partial charge in [0.25, 0.3) is 0 Å². The van der Waals surface area contributed by atoms with Crippen molar-refractivity contribution >= 4 is 11.6 Å². The summed E-state index contributed by atoms with van der Waals surface area (Å²) in [6, 6.07) is 4.76. The predicted molar refractivity (Wildman–Crippen MR) is 91.4 cm³/mol. The van der Waals surface area contributed by atoms with E-state index in [1.165, 1.54) is 6.07 Å². The topological polar surface area (TPSA) is 50.2 Å². The standard InChI is InChI=1S/C18H23FN4O/c1-13-5-6-15(10-16(13)19)21-17(24)12-23-8-3-4-14(11-23)18-20-7-9-22(18)2/h5-7,9-10,14H,3-4,8,11-12H2,1-2H3,(H,21,24). The molecule has 1 amide bonds. The quantitative estimate of drug-likeness (QED) is 0.938. The number of piperidine rings is 1. The van der Waals surface area contributed by atoms with E-state index in [9.17, 15) is 9.18 Å². The van der Waals surface area contributed by atoms with Crippen molar-refractivity contribution in [1.82, 2.24) is 14.5 Å². The van der Waals surface area contributed by atoms with Crippen LogP contribution >= 0.6 is 0 Å². The maximum atomic E-state index is 13.6. The first-order valence-corrected chi connectivity index (χ1v) is 8.28. The minimum atomic E-state index is -0.305. The number of imidazole rings is 1. The number of likely N-dealkylation sites (tertiary alicyclic amines) is 1. The van der Waals surface area contributed by atoms with E-state index in [4.69, 9.17) is 0 Å². The van der Waals surface area contributed by atoms with Gasteiger partial charge in [0.05, 0.1) is 6.54 Å². The highest BCUT2D eigenvalue weighted by Crippen LogP contribution is 2.25. The van der Waals surface area contributed by atoms with Crippen molar-refractivity contribution in [3.05, 3.63) is 47.8 Å². The second kappa shape index (κ2) is 7.13.